The lowest BCUT2D eigenvalue weighted by atomic mass is 9.76. The second-order valence-electron chi connectivity index (χ2n) is 4.81. The van der Waals surface area contributed by atoms with Crippen molar-refractivity contribution in [1.82, 2.24) is 5.32 Å². The first-order valence-corrected chi connectivity index (χ1v) is 6.39. The highest BCUT2D eigenvalue weighted by molar-refractivity contribution is 5.76. The number of esters is 1. The van der Waals surface area contributed by atoms with Crippen molar-refractivity contribution >= 4 is 23.9 Å². The van der Waals surface area contributed by atoms with Crippen LogP contribution < -0.4 is 11.1 Å². The van der Waals surface area contributed by atoms with Gasteiger partial charge >= 0.3 is 23.9 Å². The lowest BCUT2D eigenvalue weighted by Crippen LogP contribution is -2.52. The Morgan fingerprint density at radius 1 is 1.05 bits per heavy atom. The highest BCUT2D eigenvalue weighted by Gasteiger charge is 2.46. The highest BCUT2D eigenvalue weighted by atomic mass is 16.6. The molecule has 0 aliphatic carbocycles. The molecule has 0 aromatic heterocycles. The molecule has 10 nitrogen and oxygen atoms in total. The van der Waals surface area contributed by atoms with Crippen molar-refractivity contribution in [3.8, 4) is 0 Å². The first-order valence-electron chi connectivity index (χ1n) is 6.39. The van der Waals surface area contributed by atoms with Crippen LogP contribution in [-0.4, -0.2) is 58.5 Å². The summed E-state index contributed by atoms with van der Waals surface area (Å²) in [6, 6.07) is 0. The quantitative estimate of drug-likeness (QED) is 0.230. The van der Waals surface area contributed by atoms with E-state index in [1.807, 2.05) is 0 Å². The van der Waals surface area contributed by atoms with Gasteiger partial charge < -0.3 is 25.8 Å². The smallest absolute Gasteiger partial charge is 0.304 e. The lowest BCUT2D eigenvalue weighted by Gasteiger charge is -2.37. The topological polar surface area (TPSA) is 176 Å². The van der Waals surface area contributed by atoms with Crippen molar-refractivity contribution < 1.29 is 39.2 Å². The highest BCUT2D eigenvalue weighted by Crippen LogP contribution is 2.36. The standard InChI is InChI=1S/C12H20N2O8/c1-7(15)22-11(14-3-2-13)12(4-8(16)17,5-9(18)19)6-10(20)21/h11,14H,2-6,13H2,1H3,(H,16,17)(H,18,19)(H,20,21). The van der Waals surface area contributed by atoms with E-state index in [1.54, 1.807) is 0 Å². The van der Waals surface area contributed by atoms with E-state index in [-0.39, 0.29) is 13.1 Å². The minimum atomic E-state index is -1.84. The minimum Gasteiger partial charge on any atom is -0.481 e. The number of ether oxygens (including phenoxy) is 1. The summed E-state index contributed by atoms with van der Waals surface area (Å²) in [4.78, 5) is 44.4. The zero-order chi connectivity index (χ0) is 17.3. The molecule has 0 rings (SSSR count). The van der Waals surface area contributed by atoms with E-state index < -0.39 is 54.8 Å². The van der Waals surface area contributed by atoms with Gasteiger partial charge in [0.05, 0.1) is 24.7 Å². The number of carboxylic acids is 3. The largest absolute Gasteiger partial charge is 0.481 e. The summed E-state index contributed by atoms with van der Waals surface area (Å²) in [7, 11) is 0. The summed E-state index contributed by atoms with van der Waals surface area (Å²) in [6.07, 6.45) is -3.82. The van der Waals surface area contributed by atoms with Crippen LogP contribution in [-0.2, 0) is 23.9 Å². The van der Waals surface area contributed by atoms with Crippen LogP contribution in [0.1, 0.15) is 26.2 Å². The monoisotopic (exact) mass is 320 g/mol. The average Bonchev–Trinajstić information content (AvgIpc) is 2.30. The Labute approximate surface area is 126 Å². The number of carbonyl (C=O) groups is 4. The third-order valence-corrected chi connectivity index (χ3v) is 2.82. The molecule has 0 saturated heterocycles. The lowest BCUT2D eigenvalue weighted by molar-refractivity contribution is -0.170. The third kappa shape index (κ3) is 6.99. The third-order valence-electron chi connectivity index (χ3n) is 2.82. The van der Waals surface area contributed by atoms with Crippen LogP contribution in [0.25, 0.3) is 0 Å². The summed E-state index contributed by atoms with van der Waals surface area (Å²) in [5.74, 6) is -5.03. The number of nitrogens with one attached hydrogen (secondary N) is 1. The van der Waals surface area contributed by atoms with E-state index in [2.05, 4.69) is 5.32 Å². The number of carboxylic acid groups (broad SMARTS) is 3. The van der Waals surface area contributed by atoms with Crippen LogP contribution in [0, 0.1) is 5.41 Å². The maximum atomic E-state index is 11.2. The Balaban J connectivity index is 5.73. The minimum absolute atomic E-state index is 0.0819. The van der Waals surface area contributed by atoms with Gasteiger partial charge in [-0.05, 0) is 0 Å². The fourth-order valence-electron chi connectivity index (χ4n) is 2.13. The van der Waals surface area contributed by atoms with E-state index in [0.717, 1.165) is 6.92 Å². The maximum absolute atomic E-state index is 11.2. The second kappa shape index (κ2) is 8.95. The predicted molar refractivity (Wildman–Crippen MR) is 71.8 cm³/mol. The Morgan fingerprint density at radius 3 is 1.73 bits per heavy atom. The van der Waals surface area contributed by atoms with Crippen LogP contribution in [0.15, 0.2) is 0 Å². The molecular formula is C12H20N2O8. The average molecular weight is 320 g/mol. The van der Waals surface area contributed by atoms with Crippen molar-refractivity contribution in [3.05, 3.63) is 0 Å². The van der Waals surface area contributed by atoms with E-state index >= 15 is 0 Å². The van der Waals surface area contributed by atoms with Gasteiger partial charge in [-0.3, -0.25) is 24.5 Å². The SMILES string of the molecule is CC(=O)OC(NCCN)C(CC(=O)O)(CC(=O)O)CC(=O)O. The molecule has 1 unspecified atom stereocenters. The first-order chi connectivity index (χ1) is 10.1. The maximum Gasteiger partial charge on any atom is 0.304 e. The van der Waals surface area contributed by atoms with Gasteiger partial charge in [0, 0.05) is 20.0 Å². The van der Waals surface area contributed by atoms with Crippen LogP contribution in [0.2, 0.25) is 0 Å². The summed E-state index contributed by atoms with van der Waals surface area (Å²) in [5, 5.41) is 29.6. The van der Waals surface area contributed by atoms with Gasteiger partial charge in [-0.25, -0.2) is 0 Å². The normalized spacial score (nSPS) is 12.5. The molecule has 0 bridgehead atoms. The van der Waals surface area contributed by atoms with Crippen LogP contribution in [0.5, 0.6) is 0 Å². The van der Waals surface area contributed by atoms with E-state index in [1.165, 1.54) is 0 Å². The Hall–Kier alpha value is -2.20. The van der Waals surface area contributed by atoms with Gasteiger partial charge in [-0.2, -0.15) is 0 Å². The van der Waals surface area contributed by atoms with Gasteiger partial charge in [0.1, 0.15) is 0 Å². The molecule has 0 aliphatic rings. The van der Waals surface area contributed by atoms with Crippen molar-refractivity contribution in [2.45, 2.75) is 32.4 Å². The molecular weight excluding hydrogens is 300 g/mol. The molecule has 0 spiro atoms. The van der Waals surface area contributed by atoms with Crippen LogP contribution >= 0.6 is 0 Å². The van der Waals surface area contributed by atoms with E-state index in [0.29, 0.717) is 0 Å². The fourth-order valence-corrected chi connectivity index (χ4v) is 2.13. The van der Waals surface area contributed by atoms with Crippen molar-refractivity contribution in [1.29, 1.82) is 0 Å². The van der Waals surface area contributed by atoms with E-state index in [9.17, 15) is 19.2 Å². The second-order valence-corrected chi connectivity index (χ2v) is 4.81. The molecule has 6 N–H and O–H groups in total. The number of aliphatic carboxylic acids is 3. The molecule has 0 amide bonds. The summed E-state index contributed by atoms with van der Waals surface area (Å²) in [5.41, 5.74) is 3.46. The number of nitrogens with two attached hydrogens (primary N) is 1. The van der Waals surface area contributed by atoms with Crippen molar-refractivity contribution in [2.24, 2.45) is 11.1 Å². The molecule has 0 radical (unpaired) electrons. The molecule has 0 fully saturated rings. The number of hydrogen-bond acceptors (Lipinski definition) is 7. The Morgan fingerprint density at radius 2 is 1.45 bits per heavy atom. The van der Waals surface area contributed by atoms with Gasteiger partial charge in [0.15, 0.2) is 6.23 Å². The van der Waals surface area contributed by atoms with Gasteiger partial charge in [0.25, 0.3) is 0 Å². The van der Waals surface area contributed by atoms with Crippen molar-refractivity contribution in [2.75, 3.05) is 13.1 Å². The fraction of sp³-hybridized carbons (Fsp3) is 0.667. The molecule has 126 valence electrons. The summed E-state index contributed by atoms with van der Waals surface area (Å²) >= 11 is 0. The Bertz CT molecular complexity index is 396. The Kier molecular flexibility index (Phi) is 8.05. The zero-order valence-electron chi connectivity index (χ0n) is 12.1. The summed E-state index contributed by atoms with van der Waals surface area (Å²) < 4.78 is 4.92. The van der Waals surface area contributed by atoms with Gasteiger partial charge in [0.2, 0.25) is 0 Å². The molecule has 0 aromatic carbocycles. The molecule has 0 saturated carbocycles. The molecule has 0 aliphatic heterocycles. The molecule has 0 aromatic rings. The van der Waals surface area contributed by atoms with Crippen LogP contribution in [0.4, 0.5) is 0 Å². The number of hydrogen-bond donors (Lipinski definition) is 5. The van der Waals surface area contributed by atoms with Gasteiger partial charge in [-0.1, -0.05) is 0 Å². The van der Waals surface area contributed by atoms with Crippen LogP contribution in [0.3, 0.4) is 0 Å². The summed E-state index contributed by atoms with van der Waals surface area (Å²) in [6.45, 7) is 1.23. The number of rotatable bonds is 11. The molecule has 0 heterocycles. The number of carbonyl (C=O) groups excluding carboxylic acids is 1. The first kappa shape index (κ1) is 19.8. The van der Waals surface area contributed by atoms with Crippen molar-refractivity contribution in [3.63, 3.8) is 0 Å². The zero-order valence-corrected chi connectivity index (χ0v) is 12.1. The predicted octanol–water partition coefficient (Wildman–Crippen LogP) is -1.17. The molecule has 10 heteroatoms. The van der Waals surface area contributed by atoms with Gasteiger partial charge in [-0.15, -0.1) is 0 Å². The molecule has 1 atom stereocenters. The van der Waals surface area contributed by atoms with E-state index in [4.69, 9.17) is 25.8 Å². The molecule has 22 heavy (non-hydrogen) atoms.